The number of carbonyl (C=O) groups is 4. The Morgan fingerprint density at radius 1 is 0.917 bits per heavy atom. The third kappa shape index (κ3) is 0.642. The van der Waals surface area contributed by atoms with Crippen molar-refractivity contribution in [2.24, 2.45) is 0 Å². The fourth-order valence-corrected chi connectivity index (χ4v) is 5.43. The van der Waals surface area contributed by atoms with Crippen LogP contribution in [0.3, 0.4) is 0 Å². The Morgan fingerprint density at radius 3 is 1.67 bits per heavy atom. The van der Waals surface area contributed by atoms with Crippen molar-refractivity contribution in [2.45, 2.75) is 0 Å². The van der Waals surface area contributed by atoms with Gasteiger partial charge in [0.15, 0.2) is 0 Å². The van der Waals surface area contributed by atoms with Crippen molar-refractivity contribution in [1.82, 2.24) is 0 Å². The van der Waals surface area contributed by atoms with E-state index in [2.05, 4.69) is 9.47 Å². The van der Waals surface area contributed by atoms with Gasteiger partial charge in [0, 0.05) is 0 Å². The number of hydrogen-bond acceptors (Lipinski definition) is 6. The molecule has 0 unspecified atom stereocenters. The number of halogens is 1. The van der Waals surface area contributed by atoms with Crippen LogP contribution in [0, 0.1) is 0 Å². The number of rotatable bonds is 0. The van der Waals surface area contributed by atoms with Crippen molar-refractivity contribution < 1.29 is 47.1 Å². The minimum absolute atomic E-state index is 0.344. The van der Waals surface area contributed by atoms with Gasteiger partial charge in [0.25, 0.3) is 0 Å². The van der Waals surface area contributed by atoms with Gasteiger partial charge in [0.1, 0.15) is 0 Å². The molecule has 0 aromatic carbocycles. The molecule has 2 heterocycles. The summed E-state index contributed by atoms with van der Waals surface area (Å²) in [5.41, 5.74) is 0. The van der Waals surface area contributed by atoms with Crippen molar-refractivity contribution >= 4 is 17.9 Å². The maximum absolute atomic E-state index is 10.9. The van der Waals surface area contributed by atoms with Crippen LogP contribution in [0.15, 0.2) is 0 Å². The molecular weight excluding hydrogens is 283 g/mol. The summed E-state index contributed by atoms with van der Waals surface area (Å²) >= 11 is -3.91. The molecule has 6 nitrogen and oxygen atoms in total. The van der Waals surface area contributed by atoms with Gasteiger partial charge in [0.05, 0.1) is 0 Å². The summed E-state index contributed by atoms with van der Waals surface area (Å²) in [5.74, 6) is -0.790. The molecule has 0 radical (unpaired) electrons. The molecule has 2 rings (SSSR count). The van der Waals surface area contributed by atoms with E-state index in [1.54, 1.807) is 0 Å². The van der Waals surface area contributed by atoms with E-state index in [9.17, 15) is 19.2 Å². The summed E-state index contributed by atoms with van der Waals surface area (Å²) in [6.07, 6.45) is 0. The monoisotopic (exact) mass is 285 g/mol. The second kappa shape index (κ2) is 2.03. The average Bonchev–Trinajstić information content (AvgIpc) is 2.29. The molecule has 0 bridgehead atoms. The van der Waals surface area contributed by atoms with E-state index in [-0.39, 0.29) is 4.43 Å². The first-order valence-corrected chi connectivity index (χ1v) is 7.58. The summed E-state index contributed by atoms with van der Waals surface area (Å²) in [5, 5.41) is 0. The number of alkyl halides is 1. The molecule has 2 aliphatic rings. The standard InChI is InChI=1S/C5H2IO6/c7-2-1-6(3(8)11-2)4(9)12-5(6)10/h1H2/q-1. The molecule has 2 saturated heterocycles. The number of esters is 1. The number of cyclic esters (lactones) is 4. The predicted molar refractivity (Wildman–Crippen MR) is 28.2 cm³/mol. The Balaban J connectivity index is 2.44. The maximum atomic E-state index is 10.9. The Morgan fingerprint density at radius 2 is 1.42 bits per heavy atom. The first-order valence-electron chi connectivity index (χ1n) is 2.82. The van der Waals surface area contributed by atoms with Crippen LogP contribution in [-0.2, 0) is 14.3 Å². The van der Waals surface area contributed by atoms with Crippen LogP contribution in [-0.4, -0.2) is 22.3 Å². The van der Waals surface area contributed by atoms with Crippen molar-refractivity contribution in [3.05, 3.63) is 0 Å². The van der Waals surface area contributed by atoms with Gasteiger partial charge in [-0.1, -0.05) is 0 Å². The second-order valence-electron chi connectivity index (χ2n) is 2.11. The normalized spacial score (nSPS) is 28.0. The fraction of sp³-hybridized carbons (Fsp3) is 0.200. The molecule has 1 spiro atoms. The van der Waals surface area contributed by atoms with Crippen LogP contribution in [0.5, 0.6) is 0 Å². The van der Waals surface area contributed by atoms with Crippen LogP contribution in [0.4, 0.5) is 14.4 Å². The van der Waals surface area contributed by atoms with Gasteiger partial charge >= 0.3 is 69.4 Å². The molecule has 0 aromatic heterocycles. The molecular formula is C5H2IO6-. The van der Waals surface area contributed by atoms with Crippen LogP contribution in [0.1, 0.15) is 0 Å². The van der Waals surface area contributed by atoms with Crippen molar-refractivity contribution in [2.75, 3.05) is 4.43 Å². The number of ether oxygens (including phenoxy) is 2. The topological polar surface area (TPSA) is 86.7 Å². The van der Waals surface area contributed by atoms with Crippen molar-refractivity contribution in [1.29, 1.82) is 0 Å². The van der Waals surface area contributed by atoms with Crippen LogP contribution in [0.25, 0.3) is 0 Å². The zero-order valence-corrected chi connectivity index (χ0v) is 7.69. The van der Waals surface area contributed by atoms with Gasteiger partial charge in [-0.3, -0.25) is 0 Å². The zero-order valence-electron chi connectivity index (χ0n) is 5.53. The van der Waals surface area contributed by atoms with Gasteiger partial charge in [-0.05, 0) is 0 Å². The van der Waals surface area contributed by atoms with Crippen LogP contribution < -0.4 is 18.4 Å². The Bertz CT molecular complexity index is 317. The molecule has 2 fully saturated rings. The molecule has 7 heteroatoms. The van der Waals surface area contributed by atoms with Gasteiger partial charge in [0.2, 0.25) is 0 Å². The van der Waals surface area contributed by atoms with E-state index >= 15 is 0 Å². The summed E-state index contributed by atoms with van der Waals surface area (Å²) < 4.78 is 5.27. The predicted octanol–water partition coefficient (Wildman–Crippen LogP) is -2.91. The molecule has 0 saturated carbocycles. The molecule has 0 aromatic rings. The molecule has 0 atom stereocenters. The van der Waals surface area contributed by atoms with Gasteiger partial charge in [-0.25, -0.2) is 0 Å². The molecule has 0 aliphatic carbocycles. The summed E-state index contributed by atoms with van der Waals surface area (Å²) in [7, 11) is 0. The number of hydrogen-bond donors (Lipinski definition) is 0. The zero-order chi connectivity index (χ0) is 8.93. The third-order valence-corrected chi connectivity index (χ3v) is 8.39. The molecule has 0 N–H and O–H groups in total. The average molecular weight is 285 g/mol. The Kier molecular flexibility index (Phi) is 1.29. The minimum atomic E-state index is -3.91. The molecule has 12 heavy (non-hydrogen) atoms. The first-order chi connectivity index (χ1) is 5.57. The van der Waals surface area contributed by atoms with E-state index in [4.69, 9.17) is 0 Å². The van der Waals surface area contributed by atoms with E-state index in [0.717, 1.165) is 0 Å². The van der Waals surface area contributed by atoms with Crippen molar-refractivity contribution in [3.63, 3.8) is 0 Å². The summed E-state index contributed by atoms with van der Waals surface area (Å²) in [6, 6.07) is 0. The molecule has 0 amide bonds. The van der Waals surface area contributed by atoms with Crippen LogP contribution >= 0.6 is 0 Å². The SMILES string of the molecule is O=C1C[I-]2(C(=O)O1)C(=O)OC2=O. The van der Waals surface area contributed by atoms with E-state index < -0.39 is 36.3 Å². The summed E-state index contributed by atoms with van der Waals surface area (Å²) in [4.78, 5) is 43.1. The van der Waals surface area contributed by atoms with E-state index in [1.165, 1.54) is 0 Å². The third-order valence-electron chi connectivity index (χ3n) is 1.45. The summed E-state index contributed by atoms with van der Waals surface area (Å²) in [6.45, 7) is 0. The molecule has 66 valence electrons. The second-order valence-corrected chi connectivity index (χ2v) is 9.42. The van der Waals surface area contributed by atoms with Crippen LogP contribution in [0.2, 0.25) is 0 Å². The Hall–Kier alpha value is -0.990. The van der Waals surface area contributed by atoms with E-state index in [0.29, 0.717) is 0 Å². The Labute approximate surface area is 69.7 Å². The quantitative estimate of drug-likeness (QED) is 0.156. The number of carbonyl (C=O) groups excluding carboxylic acids is 4. The van der Waals surface area contributed by atoms with Gasteiger partial charge < -0.3 is 0 Å². The van der Waals surface area contributed by atoms with Gasteiger partial charge in [-0.15, -0.1) is 0 Å². The molecule has 2 aliphatic heterocycles. The van der Waals surface area contributed by atoms with Crippen molar-refractivity contribution in [3.8, 4) is 0 Å². The van der Waals surface area contributed by atoms with E-state index in [1.807, 2.05) is 0 Å². The fourth-order valence-electron chi connectivity index (χ4n) is 0.863. The first kappa shape index (κ1) is 7.65. The van der Waals surface area contributed by atoms with Gasteiger partial charge in [-0.2, -0.15) is 0 Å².